The minimum atomic E-state index is 0.183. The van der Waals surface area contributed by atoms with Crippen LogP contribution in [0.15, 0.2) is 48.5 Å². The molecule has 1 amide bonds. The first kappa shape index (κ1) is 18.7. The summed E-state index contributed by atoms with van der Waals surface area (Å²) in [6.45, 7) is 2.32. The van der Waals surface area contributed by atoms with Gasteiger partial charge in [0.05, 0.1) is 13.2 Å². The first-order chi connectivity index (χ1) is 12.6. The minimum Gasteiger partial charge on any atom is -0.497 e. The van der Waals surface area contributed by atoms with Crippen molar-refractivity contribution in [3.05, 3.63) is 64.7 Å². The Morgan fingerprint density at radius 2 is 2.00 bits per heavy atom. The number of methoxy groups -OCH3 is 1. The Morgan fingerprint density at radius 3 is 2.77 bits per heavy atom. The van der Waals surface area contributed by atoms with Crippen molar-refractivity contribution in [2.45, 2.75) is 18.9 Å². The van der Waals surface area contributed by atoms with Gasteiger partial charge in [-0.05, 0) is 42.8 Å². The number of likely N-dealkylation sites (N-methyl/N-ethyl adjacent to an activating group) is 1. The van der Waals surface area contributed by atoms with Crippen molar-refractivity contribution in [1.29, 1.82) is 0 Å². The van der Waals surface area contributed by atoms with Crippen molar-refractivity contribution in [1.82, 2.24) is 9.80 Å². The molecule has 0 N–H and O–H groups in total. The summed E-state index contributed by atoms with van der Waals surface area (Å²) in [5.41, 5.74) is 2.21. The zero-order chi connectivity index (χ0) is 18.5. The van der Waals surface area contributed by atoms with Crippen LogP contribution in [0.5, 0.6) is 5.75 Å². The second-order valence-corrected chi connectivity index (χ2v) is 7.11. The lowest BCUT2D eigenvalue weighted by Crippen LogP contribution is -2.49. The largest absolute Gasteiger partial charge is 0.497 e. The summed E-state index contributed by atoms with van der Waals surface area (Å²) < 4.78 is 5.34. The van der Waals surface area contributed by atoms with E-state index in [0.29, 0.717) is 19.4 Å². The molecule has 3 rings (SSSR count). The van der Waals surface area contributed by atoms with Crippen LogP contribution < -0.4 is 4.74 Å². The summed E-state index contributed by atoms with van der Waals surface area (Å²) >= 11 is 6.20. The molecule has 2 aromatic rings. The van der Waals surface area contributed by atoms with Crippen molar-refractivity contribution in [3.8, 4) is 5.75 Å². The predicted molar refractivity (Wildman–Crippen MR) is 105 cm³/mol. The molecule has 5 heteroatoms. The summed E-state index contributed by atoms with van der Waals surface area (Å²) in [7, 11) is 3.78. The van der Waals surface area contributed by atoms with E-state index in [2.05, 4.69) is 24.1 Å². The van der Waals surface area contributed by atoms with Gasteiger partial charge in [0.1, 0.15) is 5.75 Å². The van der Waals surface area contributed by atoms with Crippen molar-refractivity contribution < 1.29 is 9.53 Å². The number of nitrogens with zero attached hydrogens (tertiary/aromatic N) is 2. The van der Waals surface area contributed by atoms with Gasteiger partial charge in [0, 0.05) is 31.1 Å². The number of benzene rings is 2. The standard InChI is InChI=1S/C21H25ClN2O2/c1-23-12-13-24(15-20(23)17-7-5-8-18(14-17)26-2)21(25)11-10-16-6-3-4-9-19(16)22/h3-9,14,20H,10-13,15H2,1-2H3. The third kappa shape index (κ3) is 4.37. The van der Waals surface area contributed by atoms with Crippen LogP contribution >= 0.6 is 11.6 Å². The Bertz CT molecular complexity index is 765. The van der Waals surface area contributed by atoms with E-state index in [-0.39, 0.29) is 11.9 Å². The SMILES string of the molecule is COc1cccc(C2CN(C(=O)CCc3ccccc3Cl)CCN2C)c1. The minimum absolute atomic E-state index is 0.183. The van der Waals surface area contributed by atoms with Crippen molar-refractivity contribution in [2.75, 3.05) is 33.8 Å². The first-order valence-electron chi connectivity index (χ1n) is 8.94. The van der Waals surface area contributed by atoms with Gasteiger partial charge in [-0.15, -0.1) is 0 Å². The zero-order valence-corrected chi connectivity index (χ0v) is 16.1. The highest BCUT2D eigenvalue weighted by molar-refractivity contribution is 6.31. The number of hydrogen-bond donors (Lipinski definition) is 0. The molecule has 2 aromatic carbocycles. The van der Waals surface area contributed by atoms with E-state index in [1.807, 2.05) is 41.3 Å². The molecule has 0 saturated carbocycles. The second kappa shape index (κ2) is 8.56. The number of carbonyl (C=O) groups excluding carboxylic acids is 1. The Labute approximate surface area is 160 Å². The molecular formula is C21H25ClN2O2. The van der Waals surface area contributed by atoms with Crippen LogP contribution in [0.4, 0.5) is 0 Å². The van der Waals surface area contributed by atoms with E-state index >= 15 is 0 Å². The summed E-state index contributed by atoms with van der Waals surface area (Å²) in [5, 5.41) is 0.730. The van der Waals surface area contributed by atoms with Gasteiger partial charge in [-0.25, -0.2) is 0 Å². The lowest BCUT2D eigenvalue weighted by molar-refractivity contribution is -0.134. The molecule has 0 aliphatic carbocycles. The highest BCUT2D eigenvalue weighted by Crippen LogP contribution is 2.27. The molecule has 1 atom stereocenters. The van der Waals surface area contributed by atoms with E-state index in [1.165, 1.54) is 5.56 Å². The van der Waals surface area contributed by atoms with Gasteiger partial charge in [-0.2, -0.15) is 0 Å². The van der Waals surface area contributed by atoms with E-state index in [9.17, 15) is 4.79 Å². The molecule has 26 heavy (non-hydrogen) atoms. The lowest BCUT2D eigenvalue weighted by Gasteiger charge is -2.40. The van der Waals surface area contributed by atoms with Crippen LogP contribution in [0, 0.1) is 0 Å². The maximum atomic E-state index is 12.7. The quantitative estimate of drug-likeness (QED) is 0.800. The third-order valence-electron chi connectivity index (χ3n) is 5.05. The van der Waals surface area contributed by atoms with Gasteiger partial charge in [0.25, 0.3) is 0 Å². The summed E-state index contributed by atoms with van der Waals surface area (Å²) in [6.07, 6.45) is 1.16. The Hall–Kier alpha value is -2.04. The average molecular weight is 373 g/mol. The highest BCUT2D eigenvalue weighted by atomic mass is 35.5. The maximum absolute atomic E-state index is 12.7. The van der Waals surface area contributed by atoms with Gasteiger partial charge in [0.2, 0.25) is 5.91 Å². The fourth-order valence-electron chi connectivity index (χ4n) is 3.41. The third-order valence-corrected chi connectivity index (χ3v) is 5.41. The average Bonchev–Trinajstić information content (AvgIpc) is 2.67. The van der Waals surface area contributed by atoms with Crippen molar-refractivity contribution in [3.63, 3.8) is 0 Å². The first-order valence-corrected chi connectivity index (χ1v) is 9.31. The monoisotopic (exact) mass is 372 g/mol. The van der Waals surface area contributed by atoms with Gasteiger partial charge >= 0.3 is 0 Å². The molecule has 138 valence electrons. The second-order valence-electron chi connectivity index (χ2n) is 6.70. The molecular weight excluding hydrogens is 348 g/mol. The molecule has 1 aliphatic heterocycles. The van der Waals surface area contributed by atoms with Crippen molar-refractivity contribution >= 4 is 17.5 Å². The highest BCUT2D eigenvalue weighted by Gasteiger charge is 2.28. The Morgan fingerprint density at radius 1 is 1.19 bits per heavy atom. The molecule has 1 unspecified atom stereocenters. The normalized spacial score (nSPS) is 18.0. The number of hydrogen-bond acceptors (Lipinski definition) is 3. The zero-order valence-electron chi connectivity index (χ0n) is 15.3. The molecule has 1 fully saturated rings. The molecule has 4 nitrogen and oxygen atoms in total. The number of piperazine rings is 1. The summed E-state index contributed by atoms with van der Waals surface area (Å²) in [4.78, 5) is 17.0. The Balaban J connectivity index is 1.65. The summed E-state index contributed by atoms with van der Waals surface area (Å²) in [6, 6.07) is 16.0. The van der Waals surface area contributed by atoms with Gasteiger partial charge in [0.15, 0.2) is 0 Å². The smallest absolute Gasteiger partial charge is 0.223 e. The number of amides is 1. The van der Waals surface area contributed by atoms with E-state index in [1.54, 1.807) is 7.11 Å². The number of halogens is 1. The molecule has 0 bridgehead atoms. The van der Waals surface area contributed by atoms with Crippen molar-refractivity contribution in [2.24, 2.45) is 0 Å². The molecule has 1 saturated heterocycles. The number of ether oxygens (including phenoxy) is 1. The van der Waals surface area contributed by atoms with Crippen LogP contribution in [0.25, 0.3) is 0 Å². The summed E-state index contributed by atoms with van der Waals surface area (Å²) in [5.74, 6) is 1.03. The van der Waals surface area contributed by atoms with Crippen LogP contribution in [0.3, 0.4) is 0 Å². The topological polar surface area (TPSA) is 32.8 Å². The predicted octanol–water partition coefficient (Wildman–Crippen LogP) is 3.80. The van der Waals surface area contributed by atoms with Crippen LogP contribution in [-0.2, 0) is 11.2 Å². The maximum Gasteiger partial charge on any atom is 0.223 e. The molecule has 0 aromatic heterocycles. The number of carbonyl (C=O) groups is 1. The van der Waals surface area contributed by atoms with Crippen LogP contribution in [0.1, 0.15) is 23.6 Å². The van der Waals surface area contributed by atoms with Gasteiger partial charge < -0.3 is 9.64 Å². The number of rotatable bonds is 5. The van der Waals surface area contributed by atoms with E-state index < -0.39 is 0 Å². The molecule has 1 heterocycles. The van der Waals surface area contributed by atoms with Crippen LogP contribution in [-0.4, -0.2) is 49.5 Å². The number of aryl methyl sites for hydroxylation is 1. The molecule has 1 aliphatic rings. The molecule has 0 spiro atoms. The lowest BCUT2D eigenvalue weighted by atomic mass is 10.0. The van der Waals surface area contributed by atoms with E-state index in [4.69, 9.17) is 16.3 Å². The van der Waals surface area contributed by atoms with E-state index in [0.717, 1.165) is 29.4 Å². The van der Waals surface area contributed by atoms with Gasteiger partial charge in [-0.3, -0.25) is 9.69 Å². The van der Waals surface area contributed by atoms with Gasteiger partial charge in [-0.1, -0.05) is 41.9 Å². The fraction of sp³-hybridized carbons (Fsp3) is 0.381. The Kier molecular flexibility index (Phi) is 6.17. The molecule has 0 radical (unpaired) electrons. The van der Waals surface area contributed by atoms with Crippen LogP contribution in [0.2, 0.25) is 5.02 Å². The fourth-order valence-corrected chi connectivity index (χ4v) is 3.64.